The molecule has 1 fully saturated rings. The average molecular weight is 368 g/mol. The fourth-order valence-corrected chi connectivity index (χ4v) is 4.35. The summed E-state index contributed by atoms with van der Waals surface area (Å²) >= 11 is 0. The summed E-state index contributed by atoms with van der Waals surface area (Å²) in [5.74, 6) is -0.318. The van der Waals surface area contributed by atoms with Crippen molar-refractivity contribution >= 4 is 11.5 Å². The van der Waals surface area contributed by atoms with Crippen molar-refractivity contribution in [2.24, 2.45) is 0 Å². The van der Waals surface area contributed by atoms with Crippen LogP contribution in [0.4, 0.5) is 0 Å². The maximum Gasteiger partial charge on any atom is 0.339 e. The van der Waals surface area contributed by atoms with Crippen molar-refractivity contribution in [1.82, 2.24) is 0 Å². The smallest absolute Gasteiger partial charge is 0.339 e. The highest BCUT2D eigenvalue weighted by molar-refractivity contribution is 5.95. The number of ether oxygens (including phenoxy) is 2. The number of carbonyl (C=O) groups excluding carboxylic acids is 1. The van der Waals surface area contributed by atoms with Gasteiger partial charge in [-0.3, -0.25) is 0 Å². The molecule has 2 aliphatic heterocycles. The third kappa shape index (κ3) is 2.51. The van der Waals surface area contributed by atoms with Crippen molar-refractivity contribution in [2.45, 2.75) is 24.2 Å². The van der Waals surface area contributed by atoms with Crippen molar-refractivity contribution < 1.29 is 14.3 Å². The Morgan fingerprint density at radius 3 is 2.29 bits per heavy atom. The third-order valence-corrected chi connectivity index (χ3v) is 5.75. The number of hydrogen-bond acceptors (Lipinski definition) is 3. The first-order chi connectivity index (χ1) is 13.7. The summed E-state index contributed by atoms with van der Waals surface area (Å²) in [6, 6.07) is 27.5. The summed E-state index contributed by atoms with van der Waals surface area (Å²) in [5.41, 5.74) is 3.32. The summed E-state index contributed by atoms with van der Waals surface area (Å²) in [6.45, 7) is 4.36. The lowest BCUT2D eigenvalue weighted by molar-refractivity contribution is -0.0492. The molecular formula is C25H20O3. The van der Waals surface area contributed by atoms with Gasteiger partial charge in [0.2, 0.25) is 0 Å². The van der Waals surface area contributed by atoms with Gasteiger partial charge in [0.05, 0.1) is 11.7 Å². The van der Waals surface area contributed by atoms with Crippen LogP contribution < -0.4 is 0 Å². The van der Waals surface area contributed by atoms with Gasteiger partial charge in [0, 0.05) is 6.42 Å². The van der Waals surface area contributed by atoms with E-state index in [2.05, 4.69) is 18.7 Å². The Balaban J connectivity index is 1.65. The number of benzene rings is 3. The maximum absolute atomic E-state index is 12.9. The minimum absolute atomic E-state index is 0.175. The summed E-state index contributed by atoms with van der Waals surface area (Å²) < 4.78 is 12.7. The SMILES string of the molecule is C=C(c1ccccc1)[C@]12C[C@@H](c3ccccc3)O[C@H]1c1ccccc1C(=O)O2. The fraction of sp³-hybridized carbons (Fsp3) is 0.160. The molecule has 1 saturated heterocycles. The van der Waals surface area contributed by atoms with Crippen LogP contribution in [0.25, 0.3) is 5.57 Å². The van der Waals surface area contributed by atoms with E-state index in [1.165, 1.54) is 0 Å². The van der Waals surface area contributed by atoms with Crippen LogP contribution in [0.5, 0.6) is 0 Å². The molecule has 3 nitrogen and oxygen atoms in total. The van der Waals surface area contributed by atoms with Gasteiger partial charge in [0.1, 0.15) is 6.10 Å². The topological polar surface area (TPSA) is 35.5 Å². The second-order valence-electron chi connectivity index (χ2n) is 7.33. The lowest BCUT2D eigenvalue weighted by atomic mass is 9.77. The lowest BCUT2D eigenvalue weighted by Crippen LogP contribution is -2.43. The second-order valence-corrected chi connectivity index (χ2v) is 7.33. The summed E-state index contributed by atoms with van der Waals surface area (Å²) in [5, 5.41) is 0. The quantitative estimate of drug-likeness (QED) is 0.572. The van der Waals surface area contributed by atoms with Crippen LogP contribution in [0.1, 0.15) is 45.7 Å². The van der Waals surface area contributed by atoms with Crippen LogP contribution in [0.15, 0.2) is 91.5 Å². The number of fused-ring (bicyclic) bond motifs is 3. The number of hydrogen-bond donors (Lipinski definition) is 0. The predicted molar refractivity (Wildman–Crippen MR) is 108 cm³/mol. The Kier molecular flexibility index (Phi) is 3.92. The van der Waals surface area contributed by atoms with E-state index < -0.39 is 5.60 Å². The molecular weight excluding hydrogens is 348 g/mol. The van der Waals surface area contributed by atoms with Crippen molar-refractivity contribution in [1.29, 1.82) is 0 Å². The first-order valence-electron chi connectivity index (χ1n) is 9.46. The minimum atomic E-state index is -0.923. The second kappa shape index (κ2) is 6.47. The molecule has 138 valence electrons. The molecule has 0 radical (unpaired) electrons. The zero-order valence-electron chi connectivity index (χ0n) is 15.4. The summed E-state index contributed by atoms with van der Waals surface area (Å²) in [4.78, 5) is 12.9. The van der Waals surface area contributed by atoms with E-state index in [0.29, 0.717) is 12.0 Å². The summed E-state index contributed by atoms with van der Waals surface area (Å²) in [7, 11) is 0. The molecule has 28 heavy (non-hydrogen) atoms. The molecule has 0 aliphatic carbocycles. The highest BCUT2D eigenvalue weighted by Crippen LogP contribution is 2.57. The molecule has 0 spiro atoms. The van der Waals surface area contributed by atoms with Gasteiger partial charge in [0.15, 0.2) is 5.60 Å². The standard InChI is InChI=1S/C25H20O3/c1-17(18-10-4-2-5-11-18)25-16-22(19-12-6-3-7-13-19)27-23(25)20-14-8-9-15-21(20)24(26)28-25/h2-15,22-23H,1,16H2/t22-,23-,25+/m0/s1. The monoisotopic (exact) mass is 368 g/mol. The molecule has 0 saturated carbocycles. The van der Waals surface area contributed by atoms with E-state index in [9.17, 15) is 4.79 Å². The van der Waals surface area contributed by atoms with Gasteiger partial charge >= 0.3 is 5.97 Å². The van der Waals surface area contributed by atoms with Crippen LogP contribution in [0.2, 0.25) is 0 Å². The molecule has 2 aliphatic rings. The summed E-state index contributed by atoms with van der Waals surface area (Å²) in [6.07, 6.45) is -0.0277. The number of carbonyl (C=O) groups is 1. The molecule has 3 aromatic carbocycles. The number of esters is 1. The van der Waals surface area contributed by atoms with Gasteiger partial charge in [-0.05, 0) is 28.3 Å². The van der Waals surface area contributed by atoms with Gasteiger partial charge in [-0.25, -0.2) is 4.79 Å². The van der Waals surface area contributed by atoms with Gasteiger partial charge in [-0.15, -0.1) is 0 Å². The van der Waals surface area contributed by atoms with Crippen molar-refractivity contribution in [2.75, 3.05) is 0 Å². The van der Waals surface area contributed by atoms with Gasteiger partial charge in [-0.2, -0.15) is 0 Å². The van der Waals surface area contributed by atoms with E-state index in [4.69, 9.17) is 9.47 Å². The Labute approximate surface area is 164 Å². The van der Waals surface area contributed by atoms with E-state index in [1.807, 2.05) is 66.7 Å². The van der Waals surface area contributed by atoms with E-state index >= 15 is 0 Å². The Morgan fingerprint density at radius 1 is 0.893 bits per heavy atom. The van der Waals surface area contributed by atoms with Crippen molar-refractivity contribution in [3.63, 3.8) is 0 Å². The molecule has 0 aromatic heterocycles. The van der Waals surface area contributed by atoms with Gasteiger partial charge < -0.3 is 9.47 Å². The van der Waals surface area contributed by atoms with Crippen LogP contribution >= 0.6 is 0 Å². The highest BCUT2D eigenvalue weighted by atomic mass is 16.6. The fourth-order valence-electron chi connectivity index (χ4n) is 4.35. The molecule has 0 N–H and O–H groups in total. The molecule has 0 amide bonds. The van der Waals surface area contributed by atoms with Crippen LogP contribution in [0, 0.1) is 0 Å². The van der Waals surface area contributed by atoms with E-state index in [1.54, 1.807) is 6.07 Å². The first-order valence-corrected chi connectivity index (χ1v) is 9.46. The predicted octanol–water partition coefficient (Wildman–Crippen LogP) is 5.51. The minimum Gasteiger partial charge on any atom is -0.447 e. The van der Waals surface area contributed by atoms with Gasteiger partial charge in [0.25, 0.3) is 0 Å². The van der Waals surface area contributed by atoms with Crippen LogP contribution in [-0.4, -0.2) is 11.6 Å². The first kappa shape index (κ1) is 17.0. The normalized spacial score (nSPS) is 25.5. The maximum atomic E-state index is 12.9. The van der Waals surface area contributed by atoms with Crippen LogP contribution in [-0.2, 0) is 9.47 Å². The number of rotatable bonds is 3. The van der Waals surface area contributed by atoms with Gasteiger partial charge in [-0.1, -0.05) is 85.4 Å². The van der Waals surface area contributed by atoms with Crippen molar-refractivity contribution in [3.8, 4) is 0 Å². The molecule has 3 heteroatoms. The van der Waals surface area contributed by atoms with E-state index in [-0.39, 0.29) is 18.2 Å². The Hall–Kier alpha value is -3.17. The average Bonchev–Trinajstić information content (AvgIpc) is 3.15. The zero-order chi connectivity index (χ0) is 19.1. The van der Waals surface area contributed by atoms with Crippen LogP contribution in [0.3, 0.4) is 0 Å². The Bertz CT molecular complexity index is 1040. The lowest BCUT2D eigenvalue weighted by Gasteiger charge is -2.39. The molecule has 0 unspecified atom stereocenters. The Morgan fingerprint density at radius 2 is 1.54 bits per heavy atom. The molecule has 0 bridgehead atoms. The van der Waals surface area contributed by atoms with E-state index in [0.717, 1.165) is 22.3 Å². The highest BCUT2D eigenvalue weighted by Gasteiger charge is 2.58. The van der Waals surface area contributed by atoms with Crippen molar-refractivity contribution in [3.05, 3.63) is 114 Å². The molecule has 3 aromatic rings. The molecule has 3 atom stereocenters. The zero-order valence-corrected chi connectivity index (χ0v) is 15.4. The molecule has 5 rings (SSSR count). The third-order valence-electron chi connectivity index (χ3n) is 5.75. The largest absolute Gasteiger partial charge is 0.447 e. The molecule has 2 heterocycles.